The second kappa shape index (κ2) is 6.04. The first-order valence-corrected chi connectivity index (χ1v) is 6.39. The zero-order valence-electron chi connectivity index (χ0n) is 11.3. The molecule has 6 heteroatoms. The lowest BCUT2D eigenvalue weighted by Crippen LogP contribution is -2.57. The molecule has 0 aromatic heterocycles. The summed E-state index contributed by atoms with van der Waals surface area (Å²) in [7, 11) is 0. The summed E-state index contributed by atoms with van der Waals surface area (Å²) in [5.74, 6) is -1.04. The van der Waals surface area contributed by atoms with Crippen LogP contribution in [0.3, 0.4) is 0 Å². The van der Waals surface area contributed by atoms with Crippen molar-refractivity contribution in [2.75, 3.05) is 19.6 Å². The van der Waals surface area contributed by atoms with Crippen LogP contribution >= 0.6 is 0 Å². The molecule has 0 aromatic rings. The van der Waals surface area contributed by atoms with Gasteiger partial charge in [0, 0.05) is 12.6 Å². The lowest BCUT2D eigenvalue weighted by atomic mass is 10.1. The maximum Gasteiger partial charge on any atom is 0.328 e. The zero-order chi connectivity index (χ0) is 13.8. The Balaban J connectivity index is 2.42. The molecule has 1 rings (SSSR count). The van der Waals surface area contributed by atoms with Crippen molar-refractivity contribution in [3.05, 3.63) is 0 Å². The van der Waals surface area contributed by atoms with Gasteiger partial charge in [-0.05, 0) is 39.8 Å². The highest BCUT2D eigenvalue weighted by molar-refractivity contribution is 5.85. The number of amides is 2. The van der Waals surface area contributed by atoms with Crippen LogP contribution < -0.4 is 10.6 Å². The molecule has 1 fully saturated rings. The summed E-state index contributed by atoms with van der Waals surface area (Å²) in [6.45, 7) is 7.90. The third-order valence-electron chi connectivity index (χ3n) is 3.25. The molecule has 0 saturated carbocycles. The Hall–Kier alpha value is -1.30. The molecule has 0 aromatic carbocycles. The molecule has 0 radical (unpaired) electrons. The monoisotopic (exact) mass is 257 g/mol. The van der Waals surface area contributed by atoms with Gasteiger partial charge in [0.2, 0.25) is 0 Å². The normalized spacial score (nSPS) is 21.4. The predicted molar refractivity (Wildman–Crippen MR) is 68.5 cm³/mol. The molecule has 2 amide bonds. The molecule has 0 spiro atoms. The second-order valence-corrected chi connectivity index (χ2v) is 5.26. The van der Waals surface area contributed by atoms with Crippen molar-refractivity contribution in [2.24, 2.45) is 0 Å². The first-order valence-electron chi connectivity index (χ1n) is 6.39. The first kappa shape index (κ1) is 14.8. The largest absolute Gasteiger partial charge is 0.480 e. The van der Waals surface area contributed by atoms with Crippen LogP contribution in [0.15, 0.2) is 0 Å². The van der Waals surface area contributed by atoms with E-state index < -0.39 is 17.5 Å². The van der Waals surface area contributed by atoms with E-state index in [1.165, 1.54) is 13.8 Å². The molecule has 6 nitrogen and oxygen atoms in total. The Morgan fingerprint density at radius 2 is 2.11 bits per heavy atom. The van der Waals surface area contributed by atoms with E-state index in [9.17, 15) is 9.59 Å². The van der Waals surface area contributed by atoms with Crippen LogP contribution in [0.25, 0.3) is 0 Å². The molecule has 1 heterocycles. The minimum atomic E-state index is -1.25. The van der Waals surface area contributed by atoms with E-state index in [2.05, 4.69) is 22.5 Å². The van der Waals surface area contributed by atoms with Crippen molar-refractivity contribution in [1.29, 1.82) is 0 Å². The van der Waals surface area contributed by atoms with E-state index in [4.69, 9.17) is 5.11 Å². The number of urea groups is 1. The highest BCUT2D eigenvalue weighted by atomic mass is 16.4. The zero-order valence-corrected chi connectivity index (χ0v) is 11.3. The van der Waals surface area contributed by atoms with Crippen LogP contribution in [0.4, 0.5) is 4.79 Å². The smallest absolute Gasteiger partial charge is 0.328 e. The van der Waals surface area contributed by atoms with Gasteiger partial charge < -0.3 is 20.6 Å². The molecular formula is C12H23N3O3. The van der Waals surface area contributed by atoms with Crippen LogP contribution in [-0.4, -0.2) is 53.2 Å². The molecule has 18 heavy (non-hydrogen) atoms. The first-order chi connectivity index (χ1) is 8.35. The highest BCUT2D eigenvalue weighted by Gasteiger charge is 2.30. The van der Waals surface area contributed by atoms with E-state index in [0.717, 1.165) is 32.5 Å². The number of rotatable bonds is 4. The van der Waals surface area contributed by atoms with Crippen molar-refractivity contribution in [2.45, 2.75) is 45.2 Å². The maximum absolute atomic E-state index is 11.7. The van der Waals surface area contributed by atoms with Crippen molar-refractivity contribution in [1.82, 2.24) is 15.5 Å². The van der Waals surface area contributed by atoms with E-state index in [-0.39, 0.29) is 6.04 Å². The van der Waals surface area contributed by atoms with Crippen molar-refractivity contribution in [3.8, 4) is 0 Å². The maximum atomic E-state index is 11.7. The Morgan fingerprint density at radius 3 is 2.67 bits per heavy atom. The molecule has 1 unspecified atom stereocenters. The Labute approximate surface area is 108 Å². The van der Waals surface area contributed by atoms with Crippen LogP contribution in [0.1, 0.15) is 33.6 Å². The van der Waals surface area contributed by atoms with Gasteiger partial charge in [-0.25, -0.2) is 9.59 Å². The average molecular weight is 257 g/mol. The van der Waals surface area contributed by atoms with Crippen LogP contribution in [0, 0.1) is 0 Å². The number of nitrogens with zero attached hydrogens (tertiary/aromatic N) is 1. The van der Waals surface area contributed by atoms with Gasteiger partial charge in [0.15, 0.2) is 0 Å². The van der Waals surface area contributed by atoms with Crippen molar-refractivity contribution < 1.29 is 14.7 Å². The number of likely N-dealkylation sites (N-methyl/N-ethyl adjacent to an activating group) is 1. The summed E-state index contributed by atoms with van der Waals surface area (Å²) in [6, 6.07) is -0.311. The lowest BCUT2D eigenvalue weighted by molar-refractivity contribution is -0.142. The number of aliphatic carboxylic acids is 1. The molecule has 0 bridgehead atoms. The highest BCUT2D eigenvalue weighted by Crippen LogP contribution is 2.09. The topological polar surface area (TPSA) is 81.7 Å². The van der Waals surface area contributed by atoms with Gasteiger partial charge in [0.1, 0.15) is 5.54 Å². The van der Waals surface area contributed by atoms with E-state index in [1.807, 2.05) is 0 Å². The third-order valence-corrected chi connectivity index (χ3v) is 3.25. The van der Waals surface area contributed by atoms with Crippen molar-refractivity contribution >= 4 is 12.0 Å². The number of carboxylic acids is 1. The number of likely N-dealkylation sites (tertiary alicyclic amines) is 1. The second-order valence-electron chi connectivity index (χ2n) is 5.26. The van der Waals surface area contributed by atoms with Gasteiger partial charge in [-0.2, -0.15) is 0 Å². The van der Waals surface area contributed by atoms with Crippen LogP contribution in [-0.2, 0) is 4.79 Å². The molecule has 1 saturated heterocycles. The number of nitrogens with one attached hydrogen (secondary N) is 2. The van der Waals surface area contributed by atoms with Crippen LogP contribution in [0.2, 0.25) is 0 Å². The average Bonchev–Trinajstić information content (AvgIpc) is 2.28. The van der Waals surface area contributed by atoms with Crippen LogP contribution in [0.5, 0.6) is 0 Å². The molecule has 104 valence electrons. The minimum absolute atomic E-state index is 0.100. The third kappa shape index (κ3) is 4.18. The molecular weight excluding hydrogens is 234 g/mol. The summed E-state index contributed by atoms with van der Waals surface area (Å²) in [5.41, 5.74) is -1.25. The van der Waals surface area contributed by atoms with Gasteiger partial charge in [-0.1, -0.05) is 6.92 Å². The van der Waals surface area contributed by atoms with E-state index in [1.54, 1.807) is 0 Å². The summed E-state index contributed by atoms with van der Waals surface area (Å²) in [5, 5.41) is 14.2. The summed E-state index contributed by atoms with van der Waals surface area (Å²) in [6.07, 6.45) is 2.00. The van der Waals surface area contributed by atoms with Gasteiger partial charge in [-0.3, -0.25) is 0 Å². The summed E-state index contributed by atoms with van der Waals surface area (Å²) < 4.78 is 0. The summed E-state index contributed by atoms with van der Waals surface area (Å²) in [4.78, 5) is 24.9. The number of hydrogen-bond donors (Lipinski definition) is 3. The Kier molecular flexibility index (Phi) is 4.95. The fourth-order valence-corrected chi connectivity index (χ4v) is 2.02. The van der Waals surface area contributed by atoms with Gasteiger partial charge in [0.05, 0.1) is 0 Å². The number of hydrogen-bond acceptors (Lipinski definition) is 3. The quantitative estimate of drug-likeness (QED) is 0.690. The SMILES string of the molecule is CCN1CCCC(NC(=O)NC(C)(C)C(=O)O)C1. The molecule has 1 aliphatic heterocycles. The lowest BCUT2D eigenvalue weighted by Gasteiger charge is -2.33. The van der Waals surface area contributed by atoms with E-state index in [0.29, 0.717) is 0 Å². The Bertz CT molecular complexity index is 318. The molecule has 1 aliphatic rings. The molecule has 0 aliphatic carbocycles. The fraction of sp³-hybridized carbons (Fsp3) is 0.833. The number of piperidine rings is 1. The molecule has 1 atom stereocenters. The number of carbonyl (C=O) groups excluding carboxylic acids is 1. The molecule has 3 N–H and O–H groups in total. The summed E-state index contributed by atoms with van der Waals surface area (Å²) >= 11 is 0. The fourth-order valence-electron chi connectivity index (χ4n) is 2.02. The predicted octanol–water partition coefficient (Wildman–Crippen LogP) is 0.633. The Morgan fingerprint density at radius 1 is 1.44 bits per heavy atom. The van der Waals surface area contributed by atoms with E-state index >= 15 is 0 Å². The van der Waals surface area contributed by atoms with Gasteiger partial charge in [0.25, 0.3) is 0 Å². The van der Waals surface area contributed by atoms with Gasteiger partial charge >= 0.3 is 12.0 Å². The van der Waals surface area contributed by atoms with Gasteiger partial charge in [-0.15, -0.1) is 0 Å². The standard InChI is InChI=1S/C12H23N3O3/c1-4-15-7-5-6-9(8-15)13-11(18)14-12(2,3)10(16)17/h9H,4-8H2,1-3H3,(H,16,17)(H2,13,14,18). The number of carbonyl (C=O) groups is 2. The van der Waals surface area contributed by atoms with Crippen molar-refractivity contribution in [3.63, 3.8) is 0 Å². The number of carboxylic acid groups (broad SMARTS) is 1. The minimum Gasteiger partial charge on any atom is -0.480 e.